The average molecular weight is 261 g/mol. The monoisotopic (exact) mass is 261 g/mol. The maximum Gasteiger partial charge on any atom is 0.143 e. The van der Waals surface area contributed by atoms with E-state index >= 15 is 0 Å². The Morgan fingerprint density at radius 2 is 1.89 bits per heavy atom. The molecule has 0 bridgehead atoms. The number of nitrogens with one attached hydrogen (secondary N) is 2. The van der Waals surface area contributed by atoms with Gasteiger partial charge in [-0.2, -0.15) is 0 Å². The Labute approximate surface area is 115 Å². The molecule has 0 radical (unpaired) electrons. The van der Waals surface area contributed by atoms with Crippen molar-refractivity contribution in [3.8, 4) is 5.75 Å². The number of hydrogen-bond acceptors (Lipinski definition) is 4. The molecule has 2 fully saturated rings. The lowest BCUT2D eigenvalue weighted by atomic mass is 10.1. The van der Waals surface area contributed by atoms with Crippen LogP contribution in [0.25, 0.3) is 0 Å². The first-order chi connectivity index (χ1) is 9.43. The van der Waals surface area contributed by atoms with Crippen LogP contribution >= 0.6 is 0 Å². The minimum atomic E-state index is 0.317. The van der Waals surface area contributed by atoms with Crippen LogP contribution in [0.4, 0.5) is 5.69 Å². The molecule has 2 aliphatic heterocycles. The summed E-state index contributed by atoms with van der Waals surface area (Å²) >= 11 is 0. The molecule has 2 saturated heterocycles. The number of nitrogens with zero attached hydrogens (tertiary/aromatic N) is 1. The summed E-state index contributed by atoms with van der Waals surface area (Å²) in [6, 6.07) is 8.45. The van der Waals surface area contributed by atoms with Gasteiger partial charge in [-0.05, 0) is 31.5 Å². The summed E-state index contributed by atoms with van der Waals surface area (Å²) in [5, 5.41) is 6.80. The highest BCUT2D eigenvalue weighted by atomic mass is 16.5. The Balaban J connectivity index is 1.72. The van der Waals surface area contributed by atoms with Crippen molar-refractivity contribution < 1.29 is 4.74 Å². The zero-order valence-corrected chi connectivity index (χ0v) is 11.4. The molecule has 0 saturated carbocycles. The van der Waals surface area contributed by atoms with Gasteiger partial charge in [0.05, 0.1) is 5.69 Å². The molecule has 4 nitrogen and oxygen atoms in total. The Kier molecular flexibility index (Phi) is 4.20. The summed E-state index contributed by atoms with van der Waals surface area (Å²) in [7, 11) is 0. The maximum absolute atomic E-state index is 6.22. The molecule has 0 aromatic heterocycles. The number of para-hydroxylation sites is 2. The van der Waals surface area contributed by atoms with Crippen LogP contribution in [0.5, 0.6) is 5.75 Å². The summed E-state index contributed by atoms with van der Waals surface area (Å²) in [5.41, 5.74) is 1.24. The molecular formula is C15H23N3O. The van der Waals surface area contributed by atoms with Gasteiger partial charge in [0.15, 0.2) is 0 Å². The van der Waals surface area contributed by atoms with Crippen LogP contribution in [0.1, 0.15) is 12.8 Å². The van der Waals surface area contributed by atoms with Crippen molar-refractivity contribution in [1.82, 2.24) is 10.6 Å². The van der Waals surface area contributed by atoms with Gasteiger partial charge >= 0.3 is 0 Å². The van der Waals surface area contributed by atoms with Crippen LogP contribution in [0.2, 0.25) is 0 Å². The number of rotatable bonds is 3. The zero-order chi connectivity index (χ0) is 12.9. The van der Waals surface area contributed by atoms with Crippen molar-refractivity contribution in [3.05, 3.63) is 24.3 Å². The molecule has 1 aromatic carbocycles. The van der Waals surface area contributed by atoms with Crippen molar-refractivity contribution in [2.45, 2.75) is 18.9 Å². The van der Waals surface area contributed by atoms with E-state index in [-0.39, 0.29) is 0 Å². The summed E-state index contributed by atoms with van der Waals surface area (Å²) < 4.78 is 6.22. The summed E-state index contributed by atoms with van der Waals surface area (Å²) in [6.45, 7) is 6.32. The second-order valence-electron chi connectivity index (χ2n) is 5.29. The second kappa shape index (κ2) is 6.26. The average Bonchev–Trinajstić information content (AvgIpc) is 2.50. The van der Waals surface area contributed by atoms with Crippen LogP contribution in [0.3, 0.4) is 0 Å². The van der Waals surface area contributed by atoms with E-state index in [9.17, 15) is 0 Å². The standard InChI is InChI=1S/C15H23N3O/c1-2-6-15(19-13-4-3-7-17-12-13)14(5-1)18-10-8-16-9-11-18/h1-2,5-6,13,16-17H,3-4,7-12H2. The molecule has 3 rings (SSSR count). The first kappa shape index (κ1) is 12.8. The van der Waals surface area contributed by atoms with E-state index in [1.54, 1.807) is 0 Å². The summed E-state index contributed by atoms with van der Waals surface area (Å²) in [5.74, 6) is 1.04. The minimum Gasteiger partial charge on any atom is -0.487 e. The van der Waals surface area contributed by atoms with Gasteiger partial charge in [-0.3, -0.25) is 0 Å². The highest BCUT2D eigenvalue weighted by Gasteiger charge is 2.19. The number of hydrogen-bond donors (Lipinski definition) is 2. The summed E-state index contributed by atoms with van der Waals surface area (Å²) in [6.07, 6.45) is 2.68. The molecule has 1 aromatic rings. The highest BCUT2D eigenvalue weighted by molar-refractivity contribution is 5.58. The Morgan fingerprint density at radius 3 is 2.68 bits per heavy atom. The molecule has 0 aliphatic carbocycles. The van der Waals surface area contributed by atoms with E-state index in [0.29, 0.717) is 6.10 Å². The van der Waals surface area contributed by atoms with Crippen LogP contribution in [0.15, 0.2) is 24.3 Å². The van der Waals surface area contributed by atoms with E-state index in [2.05, 4.69) is 39.8 Å². The Bertz CT molecular complexity index is 398. The van der Waals surface area contributed by atoms with Crippen molar-refractivity contribution in [1.29, 1.82) is 0 Å². The molecule has 1 unspecified atom stereocenters. The first-order valence-corrected chi connectivity index (χ1v) is 7.35. The third-order valence-electron chi connectivity index (χ3n) is 3.87. The van der Waals surface area contributed by atoms with Crippen molar-refractivity contribution in [2.24, 2.45) is 0 Å². The van der Waals surface area contributed by atoms with Gasteiger partial charge in [0.2, 0.25) is 0 Å². The third kappa shape index (κ3) is 3.19. The molecule has 0 amide bonds. The fourth-order valence-electron chi connectivity index (χ4n) is 2.82. The fraction of sp³-hybridized carbons (Fsp3) is 0.600. The van der Waals surface area contributed by atoms with Gasteiger partial charge in [0.1, 0.15) is 11.9 Å². The maximum atomic E-state index is 6.22. The molecule has 104 valence electrons. The molecule has 19 heavy (non-hydrogen) atoms. The van der Waals surface area contributed by atoms with E-state index in [0.717, 1.165) is 51.4 Å². The summed E-state index contributed by atoms with van der Waals surface area (Å²) in [4.78, 5) is 2.42. The predicted octanol–water partition coefficient (Wildman–Crippen LogP) is 1.23. The lowest BCUT2D eigenvalue weighted by Gasteiger charge is -2.32. The fourth-order valence-corrected chi connectivity index (χ4v) is 2.82. The van der Waals surface area contributed by atoms with Crippen molar-refractivity contribution in [3.63, 3.8) is 0 Å². The molecule has 1 atom stereocenters. The van der Waals surface area contributed by atoms with E-state index < -0.39 is 0 Å². The SMILES string of the molecule is c1ccc(N2CCNCC2)c(OC2CCCNC2)c1. The molecular weight excluding hydrogens is 238 g/mol. The lowest BCUT2D eigenvalue weighted by molar-refractivity contribution is 0.167. The van der Waals surface area contributed by atoms with Gasteiger partial charge < -0.3 is 20.3 Å². The smallest absolute Gasteiger partial charge is 0.143 e. The second-order valence-corrected chi connectivity index (χ2v) is 5.29. The quantitative estimate of drug-likeness (QED) is 0.858. The number of piperazine rings is 1. The third-order valence-corrected chi connectivity index (χ3v) is 3.87. The predicted molar refractivity (Wildman–Crippen MR) is 78.0 cm³/mol. The normalized spacial score (nSPS) is 24.2. The zero-order valence-electron chi connectivity index (χ0n) is 11.4. The van der Waals surface area contributed by atoms with Crippen LogP contribution in [-0.2, 0) is 0 Å². The van der Waals surface area contributed by atoms with Crippen LogP contribution in [0, 0.1) is 0 Å². The lowest BCUT2D eigenvalue weighted by Crippen LogP contribution is -2.44. The number of anilines is 1. The van der Waals surface area contributed by atoms with Gasteiger partial charge in [0, 0.05) is 32.7 Å². The molecule has 2 aliphatic rings. The largest absolute Gasteiger partial charge is 0.487 e. The first-order valence-electron chi connectivity index (χ1n) is 7.35. The van der Waals surface area contributed by atoms with E-state index in [1.165, 1.54) is 12.1 Å². The van der Waals surface area contributed by atoms with Crippen LogP contribution in [-0.4, -0.2) is 45.4 Å². The van der Waals surface area contributed by atoms with Gasteiger partial charge in [-0.25, -0.2) is 0 Å². The number of ether oxygens (including phenoxy) is 1. The number of benzene rings is 1. The van der Waals surface area contributed by atoms with Gasteiger partial charge in [-0.15, -0.1) is 0 Å². The van der Waals surface area contributed by atoms with Gasteiger partial charge in [0.25, 0.3) is 0 Å². The minimum absolute atomic E-state index is 0.317. The Hall–Kier alpha value is -1.26. The van der Waals surface area contributed by atoms with Crippen LogP contribution < -0.4 is 20.3 Å². The molecule has 2 heterocycles. The molecule has 4 heteroatoms. The number of piperidine rings is 1. The molecule has 0 spiro atoms. The molecule has 2 N–H and O–H groups in total. The van der Waals surface area contributed by atoms with Gasteiger partial charge in [-0.1, -0.05) is 12.1 Å². The van der Waals surface area contributed by atoms with E-state index in [4.69, 9.17) is 4.74 Å². The van der Waals surface area contributed by atoms with E-state index in [1.807, 2.05) is 0 Å². The highest BCUT2D eigenvalue weighted by Crippen LogP contribution is 2.29. The Morgan fingerprint density at radius 1 is 1.05 bits per heavy atom. The van der Waals surface area contributed by atoms with Crippen molar-refractivity contribution >= 4 is 5.69 Å². The topological polar surface area (TPSA) is 36.5 Å². The van der Waals surface area contributed by atoms with Crippen molar-refractivity contribution in [2.75, 3.05) is 44.2 Å².